The molecule has 0 aromatic heterocycles. The van der Waals surface area contributed by atoms with Crippen LogP contribution < -0.4 is 5.73 Å². The summed E-state index contributed by atoms with van der Waals surface area (Å²) in [5, 5.41) is 0. The number of fused-ring (bicyclic) bond motifs is 1. The average Bonchev–Trinajstić information content (AvgIpc) is 2.26. The van der Waals surface area contributed by atoms with Crippen LogP contribution in [-0.4, -0.2) is 35.7 Å². The van der Waals surface area contributed by atoms with Gasteiger partial charge in [0.25, 0.3) is 0 Å². The van der Waals surface area contributed by atoms with Crippen LogP contribution in [0, 0.1) is 11.8 Å². The van der Waals surface area contributed by atoms with Gasteiger partial charge in [-0.1, -0.05) is 12.8 Å². The standard InChI is InChI=1S/C14H26N2O2/c1-14(2,3)18-13(17)16-8-10-6-4-5-7-11(10)12(15)9-16/h10-12H,4-9,15H2,1-3H3. The van der Waals surface area contributed by atoms with E-state index in [1.807, 2.05) is 25.7 Å². The Balaban J connectivity index is 1.97. The number of ether oxygens (including phenoxy) is 1. The van der Waals surface area contributed by atoms with E-state index >= 15 is 0 Å². The molecular weight excluding hydrogens is 228 g/mol. The van der Waals surface area contributed by atoms with E-state index in [1.165, 1.54) is 25.7 Å². The van der Waals surface area contributed by atoms with Gasteiger partial charge in [0.2, 0.25) is 0 Å². The van der Waals surface area contributed by atoms with E-state index in [1.54, 1.807) is 0 Å². The van der Waals surface area contributed by atoms with Crippen molar-refractivity contribution < 1.29 is 9.53 Å². The zero-order valence-corrected chi connectivity index (χ0v) is 11.8. The molecule has 1 aliphatic carbocycles. The van der Waals surface area contributed by atoms with Crippen molar-refractivity contribution in [3.63, 3.8) is 0 Å². The normalized spacial score (nSPS) is 32.9. The van der Waals surface area contributed by atoms with E-state index in [0.29, 0.717) is 18.4 Å². The fraction of sp³-hybridized carbons (Fsp3) is 0.929. The summed E-state index contributed by atoms with van der Waals surface area (Å²) in [4.78, 5) is 13.9. The number of piperidine rings is 1. The minimum Gasteiger partial charge on any atom is -0.444 e. The molecule has 2 rings (SSSR count). The number of rotatable bonds is 0. The van der Waals surface area contributed by atoms with Gasteiger partial charge in [-0.25, -0.2) is 4.79 Å². The van der Waals surface area contributed by atoms with Gasteiger partial charge in [0.15, 0.2) is 0 Å². The van der Waals surface area contributed by atoms with E-state index in [9.17, 15) is 4.79 Å². The van der Waals surface area contributed by atoms with Crippen LogP contribution in [-0.2, 0) is 4.74 Å². The first kappa shape index (κ1) is 13.7. The van der Waals surface area contributed by atoms with Gasteiger partial charge in [-0.05, 0) is 45.4 Å². The maximum atomic E-state index is 12.1. The summed E-state index contributed by atoms with van der Waals surface area (Å²) < 4.78 is 5.44. The predicted octanol–water partition coefficient (Wildman–Crippen LogP) is 2.37. The average molecular weight is 254 g/mol. The number of hydrogen-bond donors (Lipinski definition) is 1. The van der Waals surface area contributed by atoms with Crippen molar-refractivity contribution in [2.24, 2.45) is 17.6 Å². The van der Waals surface area contributed by atoms with Crippen molar-refractivity contribution in [2.45, 2.75) is 58.1 Å². The fourth-order valence-corrected chi connectivity index (χ4v) is 3.25. The fourth-order valence-electron chi connectivity index (χ4n) is 3.25. The zero-order chi connectivity index (χ0) is 13.3. The molecule has 2 fully saturated rings. The Morgan fingerprint density at radius 3 is 2.56 bits per heavy atom. The lowest BCUT2D eigenvalue weighted by Gasteiger charge is -2.44. The topological polar surface area (TPSA) is 55.6 Å². The van der Waals surface area contributed by atoms with Crippen molar-refractivity contribution >= 4 is 6.09 Å². The van der Waals surface area contributed by atoms with Crippen molar-refractivity contribution in [3.05, 3.63) is 0 Å². The smallest absolute Gasteiger partial charge is 0.410 e. The van der Waals surface area contributed by atoms with Crippen molar-refractivity contribution in [2.75, 3.05) is 13.1 Å². The molecule has 4 nitrogen and oxygen atoms in total. The molecule has 1 saturated carbocycles. The second kappa shape index (κ2) is 5.08. The summed E-state index contributed by atoms with van der Waals surface area (Å²) in [6.07, 6.45) is 4.80. The lowest BCUT2D eigenvalue weighted by atomic mass is 9.73. The largest absolute Gasteiger partial charge is 0.444 e. The SMILES string of the molecule is CC(C)(C)OC(=O)N1CC(N)C2CCCCC2C1. The monoisotopic (exact) mass is 254 g/mol. The lowest BCUT2D eigenvalue weighted by molar-refractivity contribution is 0.000857. The molecule has 0 radical (unpaired) electrons. The highest BCUT2D eigenvalue weighted by Gasteiger charge is 2.38. The van der Waals surface area contributed by atoms with Crippen LogP contribution in [0.3, 0.4) is 0 Å². The van der Waals surface area contributed by atoms with Crippen LogP contribution in [0.15, 0.2) is 0 Å². The van der Waals surface area contributed by atoms with E-state index in [-0.39, 0.29) is 12.1 Å². The van der Waals surface area contributed by atoms with Crippen molar-refractivity contribution in [1.29, 1.82) is 0 Å². The Kier molecular flexibility index (Phi) is 3.85. The molecule has 2 aliphatic rings. The Labute approximate surface area is 110 Å². The summed E-state index contributed by atoms with van der Waals surface area (Å²) in [7, 11) is 0. The first-order valence-electron chi connectivity index (χ1n) is 7.10. The van der Waals surface area contributed by atoms with Gasteiger partial charge >= 0.3 is 6.09 Å². The summed E-state index contributed by atoms with van der Waals surface area (Å²) in [6.45, 7) is 7.18. The summed E-state index contributed by atoms with van der Waals surface area (Å²) in [5.74, 6) is 1.19. The first-order chi connectivity index (χ1) is 8.37. The first-order valence-corrected chi connectivity index (χ1v) is 7.10. The molecule has 3 unspecified atom stereocenters. The number of hydrogen-bond acceptors (Lipinski definition) is 3. The Morgan fingerprint density at radius 1 is 1.22 bits per heavy atom. The number of likely N-dealkylation sites (tertiary alicyclic amines) is 1. The molecule has 0 bridgehead atoms. The Bertz CT molecular complexity index is 311. The van der Waals surface area contributed by atoms with Gasteiger partial charge in [-0.2, -0.15) is 0 Å². The number of nitrogens with zero attached hydrogens (tertiary/aromatic N) is 1. The highest BCUT2D eigenvalue weighted by molar-refractivity contribution is 5.68. The van der Waals surface area contributed by atoms with E-state index < -0.39 is 5.60 Å². The number of carbonyl (C=O) groups excluding carboxylic acids is 1. The third-order valence-corrected chi connectivity index (χ3v) is 4.06. The molecule has 104 valence electrons. The van der Waals surface area contributed by atoms with E-state index in [2.05, 4.69) is 0 Å². The third-order valence-electron chi connectivity index (χ3n) is 4.06. The molecular formula is C14H26N2O2. The molecule has 3 atom stereocenters. The van der Waals surface area contributed by atoms with Crippen LogP contribution in [0.2, 0.25) is 0 Å². The van der Waals surface area contributed by atoms with Crippen LogP contribution in [0.1, 0.15) is 46.5 Å². The second-order valence-electron chi connectivity index (χ2n) is 6.76. The molecule has 18 heavy (non-hydrogen) atoms. The van der Waals surface area contributed by atoms with Gasteiger partial charge in [0.05, 0.1) is 0 Å². The molecule has 1 aliphatic heterocycles. The Hall–Kier alpha value is -0.770. The molecule has 0 aromatic carbocycles. The minimum atomic E-state index is -0.426. The van der Waals surface area contributed by atoms with E-state index in [0.717, 1.165) is 6.54 Å². The van der Waals surface area contributed by atoms with Crippen LogP contribution in [0.5, 0.6) is 0 Å². The zero-order valence-electron chi connectivity index (χ0n) is 11.8. The van der Waals surface area contributed by atoms with Crippen molar-refractivity contribution in [3.8, 4) is 0 Å². The molecule has 2 N–H and O–H groups in total. The van der Waals surface area contributed by atoms with Crippen molar-refractivity contribution in [1.82, 2.24) is 4.90 Å². The number of amides is 1. The molecule has 1 heterocycles. The maximum Gasteiger partial charge on any atom is 0.410 e. The molecule has 0 spiro atoms. The number of nitrogens with two attached hydrogens (primary N) is 1. The van der Waals surface area contributed by atoms with Gasteiger partial charge in [-0.15, -0.1) is 0 Å². The minimum absolute atomic E-state index is 0.122. The molecule has 1 amide bonds. The molecule has 1 saturated heterocycles. The predicted molar refractivity (Wildman–Crippen MR) is 71.2 cm³/mol. The van der Waals surface area contributed by atoms with Gasteiger partial charge < -0.3 is 15.4 Å². The van der Waals surface area contributed by atoms with Gasteiger partial charge in [0.1, 0.15) is 5.60 Å². The van der Waals surface area contributed by atoms with Crippen LogP contribution >= 0.6 is 0 Å². The summed E-state index contributed by atoms with van der Waals surface area (Å²) >= 11 is 0. The quantitative estimate of drug-likeness (QED) is 0.722. The van der Waals surface area contributed by atoms with Gasteiger partial charge in [0, 0.05) is 19.1 Å². The van der Waals surface area contributed by atoms with E-state index in [4.69, 9.17) is 10.5 Å². The highest BCUT2D eigenvalue weighted by atomic mass is 16.6. The summed E-state index contributed by atoms with van der Waals surface area (Å²) in [6, 6.07) is 0.122. The van der Waals surface area contributed by atoms with Crippen LogP contribution in [0.25, 0.3) is 0 Å². The third kappa shape index (κ3) is 3.16. The molecule has 4 heteroatoms. The van der Waals surface area contributed by atoms with Crippen LogP contribution in [0.4, 0.5) is 4.79 Å². The molecule has 0 aromatic rings. The second-order valence-corrected chi connectivity index (χ2v) is 6.76. The number of carbonyl (C=O) groups is 1. The Morgan fingerprint density at radius 2 is 1.89 bits per heavy atom. The lowest BCUT2D eigenvalue weighted by Crippen LogP contribution is -2.56. The highest BCUT2D eigenvalue weighted by Crippen LogP contribution is 2.35. The van der Waals surface area contributed by atoms with Gasteiger partial charge in [-0.3, -0.25) is 0 Å². The summed E-state index contributed by atoms with van der Waals surface area (Å²) in [5.41, 5.74) is 5.81. The maximum absolute atomic E-state index is 12.1.